The number of hydrogen-bond donors (Lipinski definition) is 1. The van der Waals surface area contributed by atoms with Gasteiger partial charge >= 0.3 is 0 Å². The standard InChI is InChI=1S/C16H23N3/c17-11-9-15-8-4-5-13-19(15)16(10-12-18)14-6-2-1-3-7-14/h1-3,6-7,15-16H,4-5,8-11,13,17H2. The summed E-state index contributed by atoms with van der Waals surface area (Å²) in [6, 6.07) is 13.5. The maximum atomic E-state index is 9.14. The van der Waals surface area contributed by atoms with E-state index in [0.717, 1.165) is 19.5 Å². The molecule has 0 aromatic heterocycles. The van der Waals surface area contributed by atoms with E-state index < -0.39 is 0 Å². The monoisotopic (exact) mass is 257 g/mol. The summed E-state index contributed by atoms with van der Waals surface area (Å²) in [5, 5.41) is 9.14. The largest absolute Gasteiger partial charge is 0.330 e. The van der Waals surface area contributed by atoms with Gasteiger partial charge in [-0.3, -0.25) is 4.90 Å². The van der Waals surface area contributed by atoms with Crippen molar-refractivity contribution < 1.29 is 0 Å². The van der Waals surface area contributed by atoms with Crippen molar-refractivity contribution in [2.75, 3.05) is 13.1 Å². The minimum atomic E-state index is 0.225. The zero-order valence-electron chi connectivity index (χ0n) is 11.5. The molecule has 1 saturated heterocycles. The van der Waals surface area contributed by atoms with Gasteiger partial charge in [0.15, 0.2) is 0 Å². The third-order valence-electron chi connectivity index (χ3n) is 4.04. The quantitative estimate of drug-likeness (QED) is 0.882. The van der Waals surface area contributed by atoms with Gasteiger partial charge in [-0.15, -0.1) is 0 Å². The Morgan fingerprint density at radius 3 is 2.79 bits per heavy atom. The van der Waals surface area contributed by atoms with Crippen molar-refractivity contribution in [3.8, 4) is 6.07 Å². The molecule has 3 nitrogen and oxygen atoms in total. The topological polar surface area (TPSA) is 53.0 Å². The van der Waals surface area contributed by atoms with Crippen LogP contribution in [0.2, 0.25) is 0 Å². The van der Waals surface area contributed by atoms with Crippen LogP contribution in [0.15, 0.2) is 30.3 Å². The second-order valence-electron chi connectivity index (χ2n) is 5.25. The Kier molecular flexibility index (Phi) is 5.38. The molecule has 102 valence electrons. The van der Waals surface area contributed by atoms with E-state index in [4.69, 9.17) is 11.0 Å². The van der Waals surface area contributed by atoms with E-state index in [2.05, 4.69) is 35.2 Å². The Labute approximate surface area is 116 Å². The average molecular weight is 257 g/mol. The van der Waals surface area contributed by atoms with Crippen molar-refractivity contribution in [2.45, 2.75) is 44.2 Å². The van der Waals surface area contributed by atoms with Crippen molar-refractivity contribution >= 4 is 0 Å². The number of rotatable bonds is 5. The number of nitriles is 1. The molecule has 1 aliphatic heterocycles. The molecule has 1 aromatic rings. The molecule has 19 heavy (non-hydrogen) atoms. The van der Waals surface area contributed by atoms with Crippen LogP contribution in [0.25, 0.3) is 0 Å². The molecule has 2 atom stereocenters. The van der Waals surface area contributed by atoms with Crippen LogP contribution in [0.3, 0.4) is 0 Å². The molecule has 1 aliphatic rings. The van der Waals surface area contributed by atoms with Crippen molar-refractivity contribution in [3.63, 3.8) is 0 Å². The van der Waals surface area contributed by atoms with Gasteiger partial charge in [0, 0.05) is 12.1 Å². The molecule has 2 unspecified atom stereocenters. The van der Waals surface area contributed by atoms with E-state index in [-0.39, 0.29) is 6.04 Å². The van der Waals surface area contributed by atoms with E-state index in [1.54, 1.807) is 0 Å². The van der Waals surface area contributed by atoms with E-state index in [1.165, 1.54) is 24.8 Å². The van der Waals surface area contributed by atoms with Gasteiger partial charge in [-0.1, -0.05) is 36.8 Å². The summed E-state index contributed by atoms with van der Waals surface area (Å²) in [7, 11) is 0. The predicted octanol–water partition coefficient (Wildman–Crippen LogP) is 2.84. The van der Waals surface area contributed by atoms with E-state index in [0.29, 0.717) is 12.5 Å². The molecule has 0 bridgehead atoms. The first kappa shape index (κ1) is 14.0. The predicted molar refractivity (Wildman–Crippen MR) is 77.4 cm³/mol. The second kappa shape index (κ2) is 7.28. The molecule has 0 radical (unpaired) electrons. The number of nitrogens with zero attached hydrogens (tertiary/aromatic N) is 2. The zero-order valence-corrected chi connectivity index (χ0v) is 11.5. The summed E-state index contributed by atoms with van der Waals surface area (Å²) in [5.74, 6) is 0. The van der Waals surface area contributed by atoms with Gasteiger partial charge < -0.3 is 5.73 Å². The molecule has 2 N–H and O–H groups in total. The van der Waals surface area contributed by atoms with Gasteiger partial charge in [-0.25, -0.2) is 0 Å². The first-order valence-corrected chi connectivity index (χ1v) is 7.24. The Morgan fingerprint density at radius 1 is 1.32 bits per heavy atom. The van der Waals surface area contributed by atoms with Crippen LogP contribution in [0.1, 0.15) is 43.7 Å². The van der Waals surface area contributed by atoms with E-state index in [1.807, 2.05) is 6.07 Å². The van der Waals surface area contributed by atoms with Gasteiger partial charge in [-0.2, -0.15) is 5.26 Å². The van der Waals surface area contributed by atoms with Gasteiger partial charge in [-0.05, 0) is 37.9 Å². The van der Waals surface area contributed by atoms with E-state index in [9.17, 15) is 0 Å². The minimum absolute atomic E-state index is 0.225. The summed E-state index contributed by atoms with van der Waals surface area (Å²) in [6.45, 7) is 1.82. The van der Waals surface area contributed by atoms with E-state index >= 15 is 0 Å². The highest BCUT2D eigenvalue weighted by Gasteiger charge is 2.29. The molecule has 2 rings (SSSR count). The Morgan fingerprint density at radius 2 is 2.11 bits per heavy atom. The molecule has 0 saturated carbocycles. The molecule has 0 amide bonds. The van der Waals surface area contributed by atoms with Crippen molar-refractivity contribution in [2.24, 2.45) is 5.73 Å². The fourth-order valence-corrected chi connectivity index (χ4v) is 3.12. The van der Waals surface area contributed by atoms with Crippen molar-refractivity contribution in [1.29, 1.82) is 5.26 Å². The lowest BCUT2D eigenvalue weighted by molar-refractivity contribution is 0.0914. The lowest BCUT2D eigenvalue weighted by Gasteiger charge is -2.40. The maximum absolute atomic E-state index is 9.14. The van der Waals surface area contributed by atoms with Crippen LogP contribution in [-0.4, -0.2) is 24.0 Å². The molecule has 1 aromatic carbocycles. The third-order valence-corrected chi connectivity index (χ3v) is 4.04. The average Bonchev–Trinajstić information content (AvgIpc) is 2.47. The number of benzene rings is 1. The molecule has 3 heteroatoms. The molecule has 0 spiro atoms. The first-order valence-electron chi connectivity index (χ1n) is 7.24. The fraction of sp³-hybridized carbons (Fsp3) is 0.562. The highest BCUT2D eigenvalue weighted by Crippen LogP contribution is 2.31. The molecule has 1 heterocycles. The highest BCUT2D eigenvalue weighted by molar-refractivity contribution is 5.20. The molecular formula is C16H23N3. The number of hydrogen-bond acceptors (Lipinski definition) is 3. The van der Waals surface area contributed by atoms with Crippen molar-refractivity contribution in [1.82, 2.24) is 4.90 Å². The minimum Gasteiger partial charge on any atom is -0.330 e. The molecule has 0 aliphatic carbocycles. The first-order chi connectivity index (χ1) is 9.36. The fourth-order valence-electron chi connectivity index (χ4n) is 3.12. The molecule has 1 fully saturated rings. The Bertz CT molecular complexity index is 408. The summed E-state index contributed by atoms with van der Waals surface area (Å²) >= 11 is 0. The van der Waals surface area contributed by atoms with Crippen LogP contribution < -0.4 is 5.73 Å². The van der Waals surface area contributed by atoms with Gasteiger partial charge in [0.05, 0.1) is 12.5 Å². The Hall–Kier alpha value is -1.37. The molecular weight excluding hydrogens is 234 g/mol. The number of likely N-dealkylation sites (tertiary alicyclic amines) is 1. The van der Waals surface area contributed by atoms with Crippen LogP contribution in [-0.2, 0) is 0 Å². The maximum Gasteiger partial charge on any atom is 0.0641 e. The summed E-state index contributed by atoms with van der Waals surface area (Å²) < 4.78 is 0. The summed E-state index contributed by atoms with van der Waals surface area (Å²) in [6.07, 6.45) is 5.33. The Balaban J connectivity index is 2.19. The lowest BCUT2D eigenvalue weighted by atomic mass is 9.93. The lowest BCUT2D eigenvalue weighted by Crippen LogP contribution is -2.43. The number of nitrogens with two attached hydrogens (primary N) is 1. The SMILES string of the molecule is N#CCC(c1ccccc1)N1CCCCC1CCN. The van der Waals surface area contributed by atoms with Crippen molar-refractivity contribution in [3.05, 3.63) is 35.9 Å². The van der Waals surface area contributed by atoms with Crippen LogP contribution in [0, 0.1) is 11.3 Å². The van der Waals surface area contributed by atoms with Gasteiger partial charge in [0.2, 0.25) is 0 Å². The van der Waals surface area contributed by atoms with Crippen LogP contribution in [0.4, 0.5) is 0 Å². The highest BCUT2D eigenvalue weighted by atomic mass is 15.2. The smallest absolute Gasteiger partial charge is 0.0641 e. The zero-order chi connectivity index (χ0) is 13.5. The normalized spacial score (nSPS) is 21.8. The second-order valence-corrected chi connectivity index (χ2v) is 5.25. The summed E-state index contributed by atoms with van der Waals surface area (Å²) in [5.41, 5.74) is 7.00. The third kappa shape index (κ3) is 3.56. The number of piperidine rings is 1. The van der Waals surface area contributed by atoms with Crippen LogP contribution >= 0.6 is 0 Å². The van der Waals surface area contributed by atoms with Gasteiger partial charge in [0.1, 0.15) is 0 Å². The van der Waals surface area contributed by atoms with Gasteiger partial charge in [0.25, 0.3) is 0 Å². The van der Waals surface area contributed by atoms with Crippen LogP contribution in [0.5, 0.6) is 0 Å². The summed E-state index contributed by atoms with van der Waals surface area (Å²) in [4.78, 5) is 2.51.